The van der Waals surface area contributed by atoms with Gasteiger partial charge in [0, 0.05) is 47.7 Å². The maximum Gasteiger partial charge on any atom is 0.251 e. The first-order valence-electron chi connectivity index (χ1n) is 10.4. The van der Waals surface area contributed by atoms with Crippen molar-refractivity contribution < 1.29 is 13.6 Å². The summed E-state index contributed by atoms with van der Waals surface area (Å²) in [6, 6.07) is 9.22. The molecule has 1 aromatic heterocycles. The number of nitrogens with zero attached hydrogens (tertiary/aromatic N) is 2. The number of hydrogen-bond donors (Lipinski definition) is 1. The number of carbonyl (C=O) groups excluding carboxylic acids is 1. The predicted octanol–water partition coefficient (Wildman–Crippen LogP) is 5.44. The van der Waals surface area contributed by atoms with Crippen molar-refractivity contribution >= 4 is 28.3 Å². The van der Waals surface area contributed by atoms with E-state index >= 15 is 0 Å². The Morgan fingerprint density at radius 3 is 2.45 bits per heavy atom. The molecule has 7 heteroatoms. The minimum absolute atomic E-state index is 0.0964. The Morgan fingerprint density at radius 2 is 1.81 bits per heavy atom. The standard InChI is InChI=1S/C24H24ClF2N3O/c1-14(2)30-10-8-16(9-11-30)29-24(31)15-6-7-17-18(12-15)23(28-13-19(17)25)22-20(26)4-3-5-21(22)27/h3-7,12-14,16H,8-11H2,1-2H3,(H,29,31). The van der Waals surface area contributed by atoms with Crippen LogP contribution in [-0.4, -0.2) is 41.0 Å². The third-order valence-corrected chi connectivity index (χ3v) is 6.20. The maximum atomic E-state index is 14.4. The lowest BCUT2D eigenvalue weighted by molar-refractivity contribution is 0.0901. The van der Waals surface area contributed by atoms with Crippen LogP contribution < -0.4 is 5.32 Å². The summed E-state index contributed by atoms with van der Waals surface area (Å²) in [5.74, 6) is -1.66. The van der Waals surface area contributed by atoms with Crippen molar-refractivity contribution in [2.24, 2.45) is 0 Å². The topological polar surface area (TPSA) is 45.2 Å². The summed E-state index contributed by atoms with van der Waals surface area (Å²) in [6.07, 6.45) is 3.14. The van der Waals surface area contributed by atoms with E-state index in [9.17, 15) is 13.6 Å². The van der Waals surface area contributed by atoms with Gasteiger partial charge in [0.15, 0.2) is 0 Å². The van der Waals surface area contributed by atoms with E-state index in [1.54, 1.807) is 18.2 Å². The van der Waals surface area contributed by atoms with Crippen LogP contribution in [0.3, 0.4) is 0 Å². The van der Waals surface area contributed by atoms with Crippen molar-refractivity contribution in [3.8, 4) is 11.3 Å². The number of halogens is 3. The van der Waals surface area contributed by atoms with Crippen LogP contribution in [0, 0.1) is 11.6 Å². The Bertz CT molecular complexity index is 1110. The minimum Gasteiger partial charge on any atom is -0.349 e. The number of nitrogens with one attached hydrogen (secondary N) is 1. The quantitative estimate of drug-likeness (QED) is 0.584. The minimum atomic E-state index is -0.720. The van der Waals surface area contributed by atoms with E-state index in [0.717, 1.165) is 25.9 Å². The number of aromatic nitrogens is 1. The van der Waals surface area contributed by atoms with E-state index in [4.69, 9.17) is 11.6 Å². The highest BCUT2D eigenvalue weighted by Gasteiger charge is 2.23. The molecule has 1 aliphatic heterocycles. The monoisotopic (exact) mass is 443 g/mol. The molecule has 31 heavy (non-hydrogen) atoms. The first-order valence-corrected chi connectivity index (χ1v) is 10.8. The molecule has 0 saturated carbocycles. The Balaban J connectivity index is 1.65. The van der Waals surface area contributed by atoms with Crippen LogP contribution in [0.4, 0.5) is 8.78 Å². The molecule has 0 radical (unpaired) electrons. The fraction of sp³-hybridized carbons (Fsp3) is 0.333. The number of piperidine rings is 1. The van der Waals surface area contributed by atoms with Crippen LogP contribution in [0.1, 0.15) is 37.0 Å². The number of rotatable bonds is 4. The van der Waals surface area contributed by atoms with E-state index in [-0.39, 0.29) is 23.2 Å². The zero-order chi connectivity index (χ0) is 22.1. The summed E-state index contributed by atoms with van der Waals surface area (Å²) in [4.78, 5) is 19.5. The third-order valence-electron chi connectivity index (χ3n) is 5.90. The molecule has 4 rings (SSSR count). The van der Waals surface area contributed by atoms with Crippen molar-refractivity contribution in [3.05, 3.63) is 64.8 Å². The highest BCUT2D eigenvalue weighted by Crippen LogP contribution is 2.34. The van der Waals surface area contributed by atoms with Crippen molar-refractivity contribution in [3.63, 3.8) is 0 Å². The molecule has 0 bridgehead atoms. The van der Waals surface area contributed by atoms with E-state index in [2.05, 4.69) is 29.0 Å². The van der Waals surface area contributed by atoms with Crippen molar-refractivity contribution in [2.45, 2.75) is 38.8 Å². The molecule has 1 amide bonds. The van der Waals surface area contributed by atoms with Crippen LogP contribution in [-0.2, 0) is 0 Å². The normalized spacial score (nSPS) is 15.5. The van der Waals surface area contributed by atoms with E-state index < -0.39 is 11.6 Å². The second kappa shape index (κ2) is 8.89. The molecular weight excluding hydrogens is 420 g/mol. The van der Waals surface area contributed by atoms with Gasteiger partial charge >= 0.3 is 0 Å². The summed E-state index contributed by atoms with van der Waals surface area (Å²) in [7, 11) is 0. The van der Waals surface area contributed by atoms with Gasteiger partial charge in [0.25, 0.3) is 5.91 Å². The lowest BCUT2D eigenvalue weighted by Gasteiger charge is -2.34. The average molecular weight is 444 g/mol. The van der Waals surface area contributed by atoms with Gasteiger partial charge in [-0.3, -0.25) is 9.78 Å². The predicted molar refractivity (Wildman–Crippen MR) is 119 cm³/mol. The number of benzene rings is 2. The molecule has 1 saturated heterocycles. The highest BCUT2D eigenvalue weighted by atomic mass is 35.5. The first-order chi connectivity index (χ1) is 14.8. The Kier molecular flexibility index (Phi) is 6.21. The Labute approximate surface area is 185 Å². The lowest BCUT2D eigenvalue weighted by atomic mass is 9.99. The van der Waals surface area contributed by atoms with Crippen LogP contribution in [0.5, 0.6) is 0 Å². The zero-order valence-electron chi connectivity index (χ0n) is 17.5. The molecular formula is C24H24ClF2N3O. The summed E-state index contributed by atoms with van der Waals surface area (Å²) in [5.41, 5.74) is 0.290. The van der Waals surface area contributed by atoms with Gasteiger partial charge in [-0.2, -0.15) is 0 Å². The largest absolute Gasteiger partial charge is 0.349 e. The zero-order valence-corrected chi connectivity index (χ0v) is 18.2. The fourth-order valence-corrected chi connectivity index (χ4v) is 4.32. The summed E-state index contributed by atoms with van der Waals surface area (Å²) < 4.78 is 28.8. The van der Waals surface area contributed by atoms with Gasteiger partial charge in [0.1, 0.15) is 11.6 Å². The fourth-order valence-electron chi connectivity index (χ4n) is 4.10. The number of pyridine rings is 1. The van der Waals surface area contributed by atoms with Gasteiger partial charge in [-0.25, -0.2) is 8.78 Å². The number of likely N-dealkylation sites (tertiary alicyclic amines) is 1. The average Bonchev–Trinajstić information content (AvgIpc) is 2.75. The maximum absolute atomic E-state index is 14.4. The van der Waals surface area contributed by atoms with Gasteiger partial charge in [0.2, 0.25) is 0 Å². The number of amides is 1. The molecule has 162 valence electrons. The Hall–Kier alpha value is -2.57. The van der Waals surface area contributed by atoms with Crippen molar-refractivity contribution in [1.82, 2.24) is 15.2 Å². The third kappa shape index (κ3) is 4.41. The molecule has 0 spiro atoms. The Morgan fingerprint density at radius 1 is 1.13 bits per heavy atom. The molecule has 1 N–H and O–H groups in total. The molecule has 1 aliphatic rings. The summed E-state index contributed by atoms with van der Waals surface area (Å²) in [6.45, 7) is 6.22. The number of fused-ring (bicyclic) bond motifs is 1. The van der Waals surface area contributed by atoms with Gasteiger partial charge in [0.05, 0.1) is 16.3 Å². The summed E-state index contributed by atoms with van der Waals surface area (Å²) in [5, 5.41) is 4.45. The molecule has 1 fully saturated rings. The lowest BCUT2D eigenvalue weighted by Crippen LogP contribution is -2.46. The second-order valence-electron chi connectivity index (χ2n) is 8.19. The smallest absolute Gasteiger partial charge is 0.251 e. The molecule has 4 nitrogen and oxygen atoms in total. The molecule has 0 aliphatic carbocycles. The van der Waals surface area contributed by atoms with Crippen LogP contribution in [0.25, 0.3) is 22.0 Å². The summed E-state index contributed by atoms with van der Waals surface area (Å²) >= 11 is 6.27. The van der Waals surface area contributed by atoms with Crippen molar-refractivity contribution in [2.75, 3.05) is 13.1 Å². The molecule has 2 heterocycles. The van der Waals surface area contributed by atoms with Gasteiger partial charge in [-0.15, -0.1) is 0 Å². The first kappa shape index (κ1) is 21.7. The van der Waals surface area contributed by atoms with E-state index in [0.29, 0.717) is 27.4 Å². The second-order valence-corrected chi connectivity index (χ2v) is 8.60. The molecule has 0 atom stereocenters. The van der Waals surface area contributed by atoms with Gasteiger partial charge in [-0.05, 0) is 51.0 Å². The van der Waals surface area contributed by atoms with Crippen LogP contribution in [0.15, 0.2) is 42.6 Å². The molecule has 3 aromatic rings. The highest BCUT2D eigenvalue weighted by molar-refractivity contribution is 6.35. The van der Waals surface area contributed by atoms with E-state index in [1.807, 2.05) is 0 Å². The number of carbonyl (C=O) groups is 1. The van der Waals surface area contributed by atoms with Gasteiger partial charge in [-0.1, -0.05) is 23.7 Å². The molecule has 0 unspecified atom stereocenters. The number of hydrogen-bond acceptors (Lipinski definition) is 3. The van der Waals surface area contributed by atoms with Crippen LogP contribution >= 0.6 is 11.6 Å². The van der Waals surface area contributed by atoms with Crippen molar-refractivity contribution in [1.29, 1.82) is 0 Å². The van der Waals surface area contributed by atoms with Crippen LogP contribution in [0.2, 0.25) is 5.02 Å². The SMILES string of the molecule is CC(C)N1CCC(NC(=O)c2ccc3c(Cl)cnc(-c4c(F)cccc4F)c3c2)CC1. The van der Waals surface area contributed by atoms with Gasteiger partial charge < -0.3 is 10.2 Å². The van der Waals surface area contributed by atoms with E-state index in [1.165, 1.54) is 24.4 Å². The molecule has 2 aromatic carbocycles.